The number of hydrogen-bond acceptors (Lipinski definition) is 2. The first kappa shape index (κ1) is 16.4. The zero-order valence-electron chi connectivity index (χ0n) is 13.5. The molecule has 2 atom stereocenters. The number of carboxylic acid groups (broad SMARTS) is 1. The van der Waals surface area contributed by atoms with E-state index in [1.165, 1.54) is 0 Å². The van der Waals surface area contributed by atoms with E-state index in [4.69, 9.17) is 0 Å². The number of carbonyl (C=O) groups is 1. The maximum Gasteiger partial charge on any atom is 0.310 e. The van der Waals surface area contributed by atoms with Gasteiger partial charge in [0.1, 0.15) is 0 Å². The minimum Gasteiger partial charge on any atom is -0.481 e. The van der Waals surface area contributed by atoms with Crippen LogP contribution in [0.4, 0.5) is 0 Å². The summed E-state index contributed by atoms with van der Waals surface area (Å²) in [5.41, 5.74) is 4.85. The van der Waals surface area contributed by atoms with Crippen molar-refractivity contribution in [1.29, 1.82) is 0 Å². The summed E-state index contributed by atoms with van der Waals surface area (Å²) >= 11 is 0. The van der Waals surface area contributed by atoms with Gasteiger partial charge in [0, 0.05) is 22.0 Å². The molecule has 1 N–H and O–H groups in total. The lowest BCUT2D eigenvalue weighted by molar-refractivity contribution is -0.139. The zero-order chi connectivity index (χ0) is 17.3. The number of rotatable bonds is 4. The highest BCUT2D eigenvalue weighted by Crippen LogP contribution is 2.40. The van der Waals surface area contributed by atoms with Crippen molar-refractivity contribution in [1.82, 2.24) is 0 Å². The molecule has 2 unspecified atom stereocenters. The monoisotopic (exact) mass is 338 g/mol. The molecule has 1 aliphatic rings. The van der Waals surface area contributed by atoms with E-state index in [2.05, 4.69) is 0 Å². The van der Waals surface area contributed by atoms with Crippen LogP contribution >= 0.6 is 0 Å². The molecule has 0 spiro atoms. The molecule has 24 heavy (non-hydrogen) atoms. The summed E-state index contributed by atoms with van der Waals surface area (Å²) in [5.74, 6) is -1.38. The summed E-state index contributed by atoms with van der Waals surface area (Å²) in [6.07, 6.45) is 5.64. The van der Waals surface area contributed by atoms with E-state index in [1.54, 1.807) is 13.2 Å². The van der Waals surface area contributed by atoms with E-state index in [1.807, 2.05) is 60.7 Å². The van der Waals surface area contributed by atoms with Crippen LogP contribution in [0.2, 0.25) is 0 Å². The maximum absolute atomic E-state index is 11.5. The fraction of sp³-hybridized carbons (Fsp3) is 0.150. The van der Waals surface area contributed by atoms with Crippen molar-refractivity contribution in [2.75, 3.05) is 6.26 Å². The second-order valence-corrected chi connectivity index (χ2v) is 7.21. The molecule has 2 aromatic carbocycles. The summed E-state index contributed by atoms with van der Waals surface area (Å²) in [5, 5.41) is 9.34. The highest BCUT2D eigenvalue weighted by Gasteiger charge is 2.25. The van der Waals surface area contributed by atoms with Gasteiger partial charge in [-0.3, -0.25) is 9.00 Å². The zero-order valence-corrected chi connectivity index (χ0v) is 14.3. The van der Waals surface area contributed by atoms with Crippen LogP contribution < -0.4 is 0 Å². The molecule has 0 fully saturated rings. The van der Waals surface area contributed by atoms with E-state index < -0.39 is 22.7 Å². The lowest BCUT2D eigenvalue weighted by Gasteiger charge is -2.09. The molecule has 4 heteroatoms. The molecule has 0 saturated heterocycles. The third-order valence-corrected chi connectivity index (χ3v) is 5.17. The van der Waals surface area contributed by atoms with Crippen LogP contribution in [-0.4, -0.2) is 21.5 Å². The van der Waals surface area contributed by atoms with Gasteiger partial charge in [-0.05, 0) is 59.0 Å². The average Bonchev–Trinajstić information content (AvgIpc) is 2.93. The Labute approximate surface area is 143 Å². The third-order valence-electron chi connectivity index (χ3n) is 4.23. The van der Waals surface area contributed by atoms with Crippen molar-refractivity contribution in [3.8, 4) is 0 Å². The minimum absolute atomic E-state index is 0.554. The Balaban J connectivity index is 2.04. The van der Waals surface area contributed by atoms with Gasteiger partial charge in [-0.1, -0.05) is 36.4 Å². The summed E-state index contributed by atoms with van der Waals surface area (Å²) in [6.45, 7) is 1.71. The van der Waals surface area contributed by atoms with Crippen LogP contribution in [0.25, 0.3) is 17.2 Å². The Morgan fingerprint density at radius 3 is 2.29 bits per heavy atom. The van der Waals surface area contributed by atoms with Crippen LogP contribution in [0.5, 0.6) is 0 Å². The van der Waals surface area contributed by atoms with Gasteiger partial charge in [0.25, 0.3) is 0 Å². The molecule has 1 aliphatic carbocycles. The molecule has 0 aromatic heterocycles. The molecule has 3 rings (SSSR count). The van der Waals surface area contributed by atoms with Gasteiger partial charge in [-0.15, -0.1) is 0 Å². The molecule has 3 nitrogen and oxygen atoms in total. The Morgan fingerprint density at radius 1 is 1.08 bits per heavy atom. The van der Waals surface area contributed by atoms with Gasteiger partial charge < -0.3 is 5.11 Å². The number of aliphatic carboxylic acids is 1. The third kappa shape index (κ3) is 3.10. The fourth-order valence-corrected chi connectivity index (χ4v) is 3.37. The first-order valence-electron chi connectivity index (χ1n) is 7.66. The number of fused-ring (bicyclic) bond motifs is 1. The molecule has 0 radical (unpaired) electrons. The van der Waals surface area contributed by atoms with Crippen LogP contribution in [0.15, 0.2) is 59.5 Å². The van der Waals surface area contributed by atoms with E-state index in [0.29, 0.717) is 0 Å². The summed E-state index contributed by atoms with van der Waals surface area (Å²) in [7, 11) is -0.992. The second-order valence-electron chi connectivity index (χ2n) is 5.83. The predicted molar refractivity (Wildman–Crippen MR) is 97.9 cm³/mol. The Hall–Kier alpha value is -2.46. The number of carboxylic acids is 1. The van der Waals surface area contributed by atoms with E-state index in [9.17, 15) is 14.1 Å². The standard InChI is InChI=1S/C20H18O3S/c1-13(20(21)22)19-12-15(17-5-3-4-6-18(17)19)11-14-7-9-16(10-8-14)24(2)23/h3-13H,1-2H3,(H,21,22). The lowest BCUT2D eigenvalue weighted by atomic mass is 9.95. The van der Waals surface area contributed by atoms with E-state index >= 15 is 0 Å². The largest absolute Gasteiger partial charge is 0.481 e. The van der Waals surface area contributed by atoms with Crippen LogP contribution in [0.3, 0.4) is 0 Å². The Kier molecular flexibility index (Phi) is 4.49. The quantitative estimate of drug-likeness (QED) is 0.914. The fourth-order valence-electron chi connectivity index (χ4n) is 2.86. The van der Waals surface area contributed by atoms with Crippen molar-refractivity contribution in [2.45, 2.75) is 11.8 Å². The summed E-state index contributed by atoms with van der Waals surface area (Å²) in [4.78, 5) is 12.2. The van der Waals surface area contributed by atoms with Crippen molar-refractivity contribution < 1.29 is 14.1 Å². The van der Waals surface area contributed by atoms with Gasteiger partial charge in [-0.2, -0.15) is 0 Å². The molecule has 2 aromatic rings. The van der Waals surface area contributed by atoms with Crippen molar-refractivity contribution >= 4 is 34.0 Å². The molecule has 0 bridgehead atoms. The number of benzene rings is 2. The topological polar surface area (TPSA) is 54.4 Å². The van der Waals surface area contributed by atoms with E-state index in [-0.39, 0.29) is 0 Å². The average molecular weight is 338 g/mol. The smallest absolute Gasteiger partial charge is 0.310 e. The van der Waals surface area contributed by atoms with Crippen molar-refractivity contribution in [2.24, 2.45) is 5.92 Å². The van der Waals surface area contributed by atoms with Crippen molar-refractivity contribution in [3.05, 3.63) is 71.3 Å². The molecule has 0 saturated carbocycles. The molecule has 0 amide bonds. The highest BCUT2D eigenvalue weighted by atomic mass is 32.2. The number of hydrogen-bond donors (Lipinski definition) is 1. The van der Waals surface area contributed by atoms with Crippen LogP contribution in [0, 0.1) is 5.92 Å². The van der Waals surface area contributed by atoms with Crippen LogP contribution in [0.1, 0.15) is 23.6 Å². The van der Waals surface area contributed by atoms with Gasteiger partial charge >= 0.3 is 5.97 Å². The molecular formula is C20H18O3S. The summed E-state index contributed by atoms with van der Waals surface area (Å²) in [6, 6.07) is 15.4. The number of allylic oxidation sites excluding steroid dienone is 2. The minimum atomic E-state index is -0.992. The first-order valence-corrected chi connectivity index (χ1v) is 9.22. The Bertz CT molecular complexity index is 876. The normalized spacial score (nSPS) is 17.2. The second kappa shape index (κ2) is 6.57. The lowest BCUT2D eigenvalue weighted by Crippen LogP contribution is -2.10. The SMILES string of the molecule is CC(C(=O)O)C1=CC(=Cc2ccc(S(C)=O)cc2)c2ccccc21. The van der Waals surface area contributed by atoms with Gasteiger partial charge in [0.2, 0.25) is 0 Å². The van der Waals surface area contributed by atoms with Crippen LogP contribution in [-0.2, 0) is 15.6 Å². The van der Waals surface area contributed by atoms with Gasteiger partial charge in [-0.25, -0.2) is 0 Å². The Morgan fingerprint density at radius 2 is 1.71 bits per heavy atom. The first-order chi connectivity index (χ1) is 11.5. The molecule has 0 heterocycles. The van der Waals surface area contributed by atoms with Gasteiger partial charge in [0.15, 0.2) is 0 Å². The van der Waals surface area contributed by atoms with E-state index in [0.717, 1.165) is 32.7 Å². The summed E-state index contributed by atoms with van der Waals surface area (Å²) < 4.78 is 11.5. The molecular weight excluding hydrogens is 320 g/mol. The molecule has 122 valence electrons. The van der Waals surface area contributed by atoms with Gasteiger partial charge in [0.05, 0.1) is 5.92 Å². The maximum atomic E-state index is 11.5. The highest BCUT2D eigenvalue weighted by molar-refractivity contribution is 7.84. The molecule has 0 aliphatic heterocycles. The van der Waals surface area contributed by atoms with Crippen molar-refractivity contribution in [3.63, 3.8) is 0 Å². The predicted octanol–water partition coefficient (Wildman–Crippen LogP) is 4.08.